The molecule has 1 atom stereocenters. The second-order valence-corrected chi connectivity index (χ2v) is 5.45. The smallest absolute Gasteiger partial charge is 0.324 e. The van der Waals surface area contributed by atoms with Crippen molar-refractivity contribution in [1.29, 1.82) is 0 Å². The Labute approximate surface area is 102 Å². The van der Waals surface area contributed by atoms with Crippen LogP contribution in [0.4, 0.5) is 4.79 Å². The first-order valence-corrected chi connectivity index (χ1v) is 6.38. The minimum atomic E-state index is -0.733. The van der Waals surface area contributed by atoms with Crippen LogP contribution in [-0.2, 0) is 4.79 Å². The minimum absolute atomic E-state index is 0.109. The molecule has 2 fully saturated rings. The molecule has 0 aromatic carbocycles. The molecule has 0 bridgehead atoms. The van der Waals surface area contributed by atoms with Gasteiger partial charge >= 0.3 is 6.03 Å². The summed E-state index contributed by atoms with van der Waals surface area (Å²) in [6.07, 6.45) is 4.37. The maximum Gasteiger partial charge on any atom is 0.325 e. The van der Waals surface area contributed by atoms with Crippen LogP contribution in [0.5, 0.6) is 0 Å². The third kappa shape index (κ3) is 2.60. The van der Waals surface area contributed by atoms with Crippen molar-refractivity contribution in [3.8, 4) is 0 Å². The minimum Gasteiger partial charge on any atom is -0.324 e. The lowest BCUT2D eigenvalue weighted by atomic mass is 10.1. The van der Waals surface area contributed by atoms with Crippen LogP contribution in [0.2, 0.25) is 0 Å². The van der Waals surface area contributed by atoms with E-state index in [0.717, 1.165) is 19.4 Å². The fraction of sp³-hybridized carbons (Fsp3) is 0.833. The second-order valence-electron chi connectivity index (χ2n) is 5.45. The summed E-state index contributed by atoms with van der Waals surface area (Å²) in [6.45, 7) is 5.12. The van der Waals surface area contributed by atoms with Gasteiger partial charge in [0, 0.05) is 12.6 Å². The van der Waals surface area contributed by atoms with Crippen molar-refractivity contribution in [2.24, 2.45) is 0 Å². The average Bonchev–Trinajstić information content (AvgIpc) is 2.80. The van der Waals surface area contributed by atoms with E-state index in [1.165, 1.54) is 17.7 Å². The zero-order chi connectivity index (χ0) is 12.5. The molecule has 2 rings (SSSR count). The van der Waals surface area contributed by atoms with Gasteiger partial charge in [-0.15, -0.1) is 0 Å². The van der Waals surface area contributed by atoms with Crippen LogP contribution in [-0.4, -0.2) is 41.5 Å². The van der Waals surface area contributed by atoms with Gasteiger partial charge in [-0.25, -0.2) is 4.79 Å². The van der Waals surface area contributed by atoms with Crippen LogP contribution in [0.3, 0.4) is 0 Å². The Morgan fingerprint density at radius 1 is 1.41 bits per heavy atom. The third-order valence-electron chi connectivity index (χ3n) is 3.54. The molecular weight excluding hydrogens is 218 g/mol. The van der Waals surface area contributed by atoms with Crippen molar-refractivity contribution in [1.82, 2.24) is 15.5 Å². The summed E-state index contributed by atoms with van der Waals surface area (Å²) >= 11 is 0. The van der Waals surface area contributed by atoms with E-state index in [9.17, 15) is 9.59 Å². The van der Waals surface area contributed by atoms with Crippen molar-refractivity contribution in [3.63, 3.8) is 0 Å². The van der Waals surface area contributed by atoms with Crippen molar-refractivity contribution < 1.29 is 9.59 Å². The van der Waals surface area contributed by atoms with Crippen LogP contribution in [0.1, 0.15) is 39.5 Å². The fourth-order valence-electron chi connectivity index (χ4n) is 2.52. The standard InChI is InChI=1S/C12H21N3O2/c1-12(2)10(16)15(11(17)14-12)8-4-6-9-5-3-7-13-9/h9,13H,3-8H2,1-2H3,(H,14,17). The van der Waals surface area contributed by atoms with E-state index in [1.807, 2.05) is 0 Å². The van der Waals surface area contributed by atoms with Crippen LogP contribution in [0.15, 0.2) is 0 Å². The Morgan fingerprint density at radius 3 is 2.71 bits per heavy atom. The predicted octanol–water partition coefficient (Wildman–Crippen LogP) is 0.849. The van der Waals surface area contributed by atoms with E-state index in [2.05, 4.69) is 10.6 Å². The number of nitrogens with one attached hydrogen (secondary N) is 2. The third-order valence-corrected chi connectivity index (χ3v) is 3.54. The Morgan fingerprint density at radius 2 is 2.18 bits per heavy atom. The first-order valence-electron chi connectivity index (χ1n) is 6.38. The van der Waals surface area contributed by atoms with Gasteiger partial charge < -0.3 is 10.6 Å². The van der Waals surface area contributed by atoms with Crippen molar-refractivity contribution in [3.05, 3.63) is 0 Å². The molecule has 2 aliphatic rings. The van der Waals surface area contributed by atoms with Crippen molar-refractivity contribution in [2.75, 3.05) is 13.1 Å². The first-order chi connectivity index (χ1) is 8.00. The molecule has 0 saturated carbocycles. The molecule has 2 heterocycles. The van der Waals surface area contributed by atoms with E-state index in [0.29, 0.717) is 12.6 Å². The van der Waals surface area contributed by atoms with Crippen LogP contribution in [0, 0.1) is 0 Å². The molecule has 2 N–H and O–H groups in total. The molecule has 0 aromatic rings. The van der Waals surface area contributed by atoms with Gasteiger partial charge in [0.05, 0.1) is 0 Å². The van der Waals surface area contributed by atoms with Gasteiger partial charge in [-0.2, -0.15) is 0 Å². The van der Waals surface area contributed by atoms with E-state index < -0.39 is 5.54 Å². The van der Waals surface area contributed by atoms with Gasteiger partial charge in [-0.1, -0.05) is 0 Å². The van der Waals surface area contributed by atoms with Gasteiger partial charge in [-0.3, -0.25) is 9.69 Å². The summed E-state index contributed by atoms with van der Waals surface area (Å²) in [7, 11) is 0. The van der Waals surface area contributed by atoms with Crippen molar-refractivity contribution >= 4 is 11.9 Å². The Bertz CT molecular complexity index is 322. The highest BCUT2D eigenvalue weighted by atomic mass is 16.2. The zero-order valence-corrected chi connectivity index (χ0v) is 10.6. The molecule has 17 heavy (non-hydrogen) atoms. The van der Waals surface area contributed by atoms with E-state index in [4.69, 9.17) is 0 Å². The molecule has 0 spiro atoms. The lowest BCUT2D eigenvalue weighted by Crippen LogP contribution is -2.40. The van der Waals surface area contributed by atoms with Crippen molar-refractivity contribution in [2.45, 2.75) is 51.1 Å². The summed E-state index contributed by atoms with van der Waals surface area (Å²) < 4.78 is 0. The number of rotatable bonds is 4. The fourth-order valence-corrected chi connectivity index (χ4v) is 2.52. The van der Waals surface area contributed by atoms with Gasteiger partial charge in [0.15, 0.2) is 0 Å². The SMILES string of the molecule is CC1(C)NC(=O)N(CCCC2CCCN2)C1=O. The Hall–Kier alpha value is -1.10. The van der Waals surface area contributed by atoms with Gasteiger partial charge in [0.1, 0.15) is 5.54 Å². The lowest BCUT2D eigenvalue weighted by molar-refractivity contribution is -0.130. The molecular formula is C12H21N3O2. The number of nitrogens with zero attached hydrogens (tertiary/aromatic N) is 1. The van der Waals surface area contributed by atoms with Gasteiger partial charge in [-0.05, 0) is 46.1 Å². The quantitative estimate of drug-likeness (QED) is 0.715. The molecule has 0 aliphatic carbocycles. The monoisotopic (exact) mass is 239 g/mol. The molecule has 2 saturated heterocycles. The maximum absolute atomic E-state index is 11.9. The van der Waals surface area contributed by atoms with Gasteiger partial charge in [0.25, 0.3) is 5.91 Å². The van der Waals surface area contributed by atoms with Crippen LogP contribution in [0.25, 0.3) is 0 Å². The summed E-state index contributed by atoms with van der Waals surface area (Å²) in [5.74, 6) is -0.109. The summed E-state index contributed by atoms with van der Waals surface area (Å²) in [5, 5.41) is 6.11. The molecule has 5 heteroatoms. The topological polar surface area (TPSA) is 61.4 Å². The lowest BCUT2D eigenvalue weighted by Gasteiger charge is -2.17. The van der Waals surface area contributed by atoms with E-state index in [-0.39, 0.29) is 11.9 Å². The number of imide groups is 1. The number of hydrogen-bond donors (Lipinski definition) is 2. The molecule has 5 nitrogen and oxygen atoms in total. The predicted molar refractivity (Wildman–Crippen MR) is 64.6 cm³/mol. The summed E-state index contributed by atoms with van der Waals surface area (Å²) in [6, 6.07) is 0.322. The highest BCUT2D eigenvalue weighted by Gasteiger charge is 2.43. The number of carbonyl (C=O) groups is 2. The molecule has 0 radical (unpaired) electrons. The average molecular weight is 239 g/mol. The molecule has 96 valence electrons. The number of hydrogen-bond acceptors (Lipinski definition) is 3. The summed E-state index contributed by atoms with van der Waals surface area (Å²) in [5.41, 5.74) is -0.733. The summed E-state index contributed by atoms with van der Waals surface area (Å²) in [4.78, 5) is 24.8. The molecule has 2 aliphatic heterocycles. The maximum atomic E-state index is 11.9. The highest BCUT2D eigenvalue weighted by Crippen LogP contribution is 2.18. The van der Waals surface area contributed by atoms with Gasteiger partial charge in [0.2, 0.25) is 0 Å². The van der Waals surface area contributed by atoms with Crippen LogP contribution >= 0.6 is 0 Å². The largest absolute Gasteiger partial charge is 0.325 e. The molecule has 3 amide bonds. The first kappa shape index (κ1) is 12.4. The number of urea groups is 1. The highest BCUT2D eigenvalue weighted by molar-refractivity contribution is 6.06. The normalized spacial score (nSPS) is 27.6. The Balaban J connectivity index is 1.79. The number of amides is 3. The Kier molecular flexibility index (Phi) is 3.38. The van der Waals surface area contributed by atoms with Crippen LogP contribution < -0.4 is 10.6 Å². The van der Waals surface area contributed by atoms with E-state index >= 15 is 0 Å². The zero-order valence-electron chi connectivity index (χ0n) is 10.6. The molecule has 1 unspecified atom stereocenters. The van der Waals surface area contributed by atoms with E-state index in [1.54, 1.807) is 13.8 Å². The number of carbonyl (C=O) groups excluding carboxylic acids is 2. The second kappa shape index (κ2) is 4.64. The molecule has 0 aromatic heterocycles.